The van der Waals surface area contributed by atoms with Crippen molar-refractivity contribution in [2.45, 2.75) is 31.5 Å². The quantitative estimate of drug-likeness (QED) is 0.177. The maximum atomic E-state index is 13.0. The zero-order valence-corrected chi connectivity index (χ0v) is 24.1. The number of nitrogens with zero attached hydrogens (tertiary/aromatic N) is 5. The molecular weight excluding hydrogens is 564 g/mol. The summed E-state index contributed by atoms with van der Waals surface area (Å²) in [6, 6.07) is 22.7. The second-order valence-corrected chi connectivity index (χ2v) is 10.9. The highest BCUT2D eigenvalue weighted by Gasteiger charge is 2.30. The molecular formula is C32H29ClN8O2. The Balaban J connectivity index is 1.41. The minimum Gasteiger partial charge on any atom is -0.389 e. The molecule has 6 rings (SSSR count). The van der Waals surface area contributed by atoms with Crippen molar-refractivity contribution >= 4 is 39.8 Å². The zero-order chi connectivity index (χ0) is 29.9. The summed E-state index contributed by atoms with van der Waals surface area (Å²) in [5, 5.41) is 38.9. The third kappa shape index (κ3) is 5.73. The maximum absolute atomic E-state index is 13.0. The van der Waals surface area contributed by atoms with Gasteiger partial charge in [-0.1, -0.05) is 61.0 Å². The monoisotopic (exact) mass is 592 g/mol. The van der Waals surface area contributed by atoms with Gasteiger partial charge in [0.25, 0.3) is 5.91 Å². The van der Waals surface area contributed by atoms with Crippen LogP contribution in [0.3, 0.4) is 0 Å². The lowest BCUT2D eigenvalue weighted by Crippen LogP contribution is -2.53. The molecule has 1 aliphatic rings. The number of pyridine rings is 1. The van der Waals surface area contributed by atoms with E-state index in [2.05, 4.69) is 56.2 Å². The Kier molecular flexibility index (Phi) is 7.92. The number of hydrogen-bond acceptors (Lipinski definition) is 8. The Morgan fingerprint density at radius 2 is 1.91 bits per heavy atom. The van der Waals surface area contributed by atoms with Gasteiger partial charge in [-0.25, -0.2) is 0 Å². The predicted molar refractivity (Wildman–Crippen MR) is 165 cm³/mol. The maximum Gasteiger partial charge on any atom is 0.254 e. The standard InChI is InChI=1S/C32H29ClN8O2/c1-2-26(19-7-4-3-5-8-19)37-29-22(14-34)15-35-31-25(29)12-23(33)13-27(31)38-30(28-16-36-40-39-28)20-9-6-10-21(11-20)32(43)41-17-24(42)18-41/h3-13,15-16,24,26,30,38,42H,2,17-18H2,1H3,(H,35,37)(H,36,39,40)/t26-,30+/m1/s1. The lowest BCUT2D eigenvalue weighted by Gasteiger charge is -2.36. The van der Waals surface area contributed by atoms with Crippen molar-refractivity contribution in [3.8, 4) is 6.07 Å². The molecule has 1 aliphatic heterocycles. The van der Waals surface area contributed by atoms with Gasteiger partial charge in [0.1, 0.15) is 11.8 Å². The summed E-state index contributed by atoms with van der Waals surface area (Å²) in [6.45, 7) is 2.72. The molecule has 1 fully saturated rings. The molecule has 3 heterocycles. The smallest absolute Gasteiger partial charge is 0.254 e. The molecule has 5 aromatic rings. The number of fused-ring (bicyclic) bond motifs is 1. The average molecular weight is 593 g/mol. The van der Waals surface area contributed by atoms with Gasteiger partial charge in [-0.15, -0.1) is 0 Å². The molecule has 216 valence electrons. The van der Waals surface area contributed by atoms with E-state index in [4.69, 9.17) is 11.6 Å². The highest BCUT2D eigenvalue weighted by molar-refractivity contribution is 6.32. The third-order valence-corrected chi connectivity index (χ3v) is 7.85. The first-order valence-electron chi connectivity index (χ1n) is 14.0. The Morgan fingerprint density at radius 1 is 1.12 bits per heavy atom. The molecule has 0 aliphatic carbocycles. The van der Waals surface area contributed by atoms with E-state index in [0.717, 1.165) is 17.5 Å². The summed E-state index contributed by atoms with van der Waals surface area (Å²) in [5.41, 5.74) is 5.28. The van der Waals surface area contributed by atoms with E-state index in [-0.39, 0.29) is 11.9 Å². The third-order valence-electron chi connectivity index (χ3n) is 7.63. The number of H-pyrrole nitrogens is 1. The van der Waals surface area contributed by atoms with E-state index < -0.39 is 12.1 Å². The van der Waals surface area contributed by atoms with E-state index in [1.165, 1.54) is 0 Å². The normalized spacial score (nSPS) is 14.5. The van der Waals surface area contributed by atoms with Crippen molar-refractivity contribution in [1.82, 2.24) is 25.3 Å². The van der Waals surface area contributed by atoms with Crippen LogP contribution in [-0.4, -0.2) is 55.5 Å². The van der Waals surface area contributed by atoms with Crippen molar-refractivity contribution in [3.05, 3.63) is 112 Å². The highest BCUT2D eigenvalue weighted by atomic mass is 35.5. The molecule has 1 amide bonds. The molecule has 1 saturated heterocycles. The topological polar surface area (TPSA) is 143 Å². The van der Waals surface area contributed by atoms with Gasteiger partial charge in [-0.3, -0.25) is 9.78 Å². The van der Waals surface area contributed by atoms with E-state index in [1.807, 2.05) is 42.5 Å². The van der Waals surface area contributed by atoms with Crippen LogP contribution in [-0.2, 0) is 0 Å². The number of aromatic nitrogens is 4. The Hall–Kier alpha value is -4.98. The van der Waals surface area contributed by atoms with Crippen LogP contribution in [0.2, 0.25) is 5.02 Å². The molecule has 11 heteroatoms. The van der Waals surface area contributed by atoms with E-state index in [9.17, 15) is 15.2 Å². The van der Waals surface area contributed by atoms with Crippen LogP contribution < -0.4 is 10.6 Å². The summed E-state index contributed by atoms with van der Waals surface area (Å²) in [4.78, 5) is 19.3. The van der Waals surface area contributed by atoms with Crippen LogP contribution in [0.15, 0.2) is 79.1 Å². The number of benzene rings is 3. The van der Waals surface area contributed by atoms with Crippen LogP contribution in [0.1, 0.15) is 58.2 Å². The van der Waals surface area contributed by atoms with Gasteiger partial charge in [0.05, 0.1) is 46.8 Å². The molecule has 4 N–H and O–H groups in total. The first kappa shape index (κ1) is 28.2. The molecule has 0 spiro atoms. The van der Waals surface area contributed by atoms with Gasteiger partial charge in [0.2, 0.25) is 0 Å². The minimum atomic E-state index is -0.517. The molecule has 0 radical (unpaired) electrons. The molecule has 3 aromatic carbocycles. The van der Waals surface area contributed by atoms with Crippen molar-refractivity contribution in [1.29, 1.82) is 5.26 Å². The van der Waals surface area contributed by atoms with Gasteiger partial charge < -0.3 is 20.6 Å². The number of aliphatic hydroxyl groups is 1. The number of aliphatic hydroxyl groups excluding tert-OH is 1. The van der Waals surface area contributed by atoms with E-state index >= 15 is 0 Å². The van der Waals surface area contributed by atoms with Crippen molar-refractivity contribution in [2.75, 3.05) is 23.7 Å². The summed E-state index contributed by atoms with van der Waals surface area (Å²) < 4.78 is 0. The molecule has 2 atom stereocenters. The fraction of sp³-hybridized carbons (Fsp3) is 0.219. The number of carbonyl (C=O) groups excluding carboxylic acids is 1. The number of β-amino-alcohol motifs (C(OH)–C–C–N with tert-alkyl or cyclic N) is 1. The van der Waals surface area contributed by atoms with Gasteiger partial charge in [0, 0.05) is 35.3 Å². The summed E-state index contributed by atoms with van der Waals surface area (Å²) in [7, 11) is 0. The van der Waals surface area contributed by atoms with Gasteiger partial charge in [0.15, 0.2) is 0 Å². The Morgan fingerprint density at radius 3 is 2.60 bits per heavy atom. The summed E-state index contributed by atoms with van der Waals surface area (Å²) in [6.07, 6.45) is 3.49. The second-order valence-electron chi connectivity index (χ2n) is 10.5. The van der Waals surface area contributed by atoms with Crippen LogP contribution in [0.25, 0.3) is 10.9 Å². The average Bonchev–Trinajstić information content (AvgIpc) is 3.55. The first-order chi connectivity index (χ1) is 20.9. The zero-order valence-electron chi connectivity index (χ0n) is 23.3. The van der Waals surface area contributed by atoms with Crippen molar-refractivity contribution in [3.63, 3.8) is 0 Å². The fourth-order valence-corrected chi connectivity index (χ4v) is 5.60. The lowest BCUT2D eigenvalue weighted by atomic mass is 9.99. The van der Waals surface area contributed by atoms with Crippen LogP contribution >= 0.6 is 11.6 Å². The van der Waals surface area contributed by atoms with Crippen molar-refractivity contribution < 1.29 is 9.90 Å². The fourth-order valence-electron chi connectivity index (χ4n) is 5.39. The number of nitrogens with one attached hydrogen (secondary N) is 3. The number of aromatic amines is 1. The number of hydrogen-bond donors (Lipinski definition) is 4. The SMILES string of the molecule is CC[C@@H](Nc1c(C#N)cnc2c(N[C@@H](c3cccc(C(=O)N4CC(O)C4)c3)c3cn[nH]n3)cc(Cl)cc12)c1ccccc1. The molecule has 0 bridgehead atoms. The lowest BCUT2D eigenvalue weighted by molar-refractivity contribution is 0.00589. The predicted octanol–water partition coefficient (Wildman–Crippen LogP) is 5.46. The molecule has 0 saturated carbocycles. The number of anilines is 2. The molecule has 0 unspecified atom stereocenters. The summed E-state index contributed by atoms with van der Waals surface area (Å²) in [5.74, 6) is -0.149. The summed E-state index contributed by atoms with van der Waals surface area (Å²) >= 11 is 6.69. The largest absolute Gasteiger partial charge is 0.389 e. The van der Waals surface area contributed by atoms with E-state index in [1.54, 1.807) is 29.4 Å². The number of halogens is 1. The van der Waals surface area contributed by atoms with Crippen LogP contribution in [0, 0.1) is 11.3 Å². The molecule has 43 heavy (non-hydrogen) atoms. The van der Waals surface area contributed by atoms with Gasteiger partial charge in [-0.2, -0.15) is 20.7 Å². The number of amides is 1. The van der Waals surface area contributed by atoms with E-state index in [0.29, 0.717) is 57.2 Å². The minimum absolute atomic E-state index is 0.0371. The number of nitriles is 1. The Bertz CT molecular complexity index is 1800. The van der Waals surface area contributed by atoms with Crippen LogP contribution in [0.4, 0.5) is 11.4 Å². The molecule has 10 nitrogen and oxygen atoms in total. The van der Waals surface area contributed by atoms with Crippen molar-refractivity contribution in [2.24, 2.45) is 0 Å². The number of likely N-dealkylation sites (tertiary alicyclic amines) is 1. The highest BCUT2D eigenvalue weighted by Crippen LogP contribution is 2.38. The first-order valence-corrected chi connectivity index (χ1v) is 14.4. The Labute approximate surface area is 253 Å². The van der Waals surface area contributed by atoms with Crippen LogP contribution in [0.5, 0.6) is 0 Å². The number of rotatable bonds is 9. The second kappa shape index (κ2) is 12.1. The van der Waals surface area contributed by atoms with Gasteiger partial charge >= 0.3 is 0 Å². The molecule has 2 aromatic heterocycles. The number of carbonyl (C=O) groups is 1. The van der Waals surface area contributed by atoms with Gasteiger partial charge in [-0.05, 0) is 41.8 Å².